The van der Waals surface area contributed by atoms with Gasteiger partial charge in [0.05, 0.1) is 6.10 Å². The van der Waals surface area contributed by atoms with Crippen LogP contribution in [0, 0.1) is 5.82 Å². The van der Waals surface area contributed by atoms with Crippen molar-refractivity contribution in [1.82, 2.24) is 4.98 Å². The molecule has 1 aromatic heterocycles. The fourth-order valence-electron chi connectivity index (χ4n) is 3.35. The highest BCUT2D eigenvalue weighted by Crippen LogP contribution is 2.24. The maximum absolute atomic E-state index is 13.8. The van der Waals surface area contributed by atoms with Gasteiger partial charge in [-0.3, -0.25) is 9.78 Å². The van der Waals surface area contributed by atoms with Gasteiger partial charge in [-0.1, -0.05) is 42.5 Å². The summed E-state index contributed by atoms with van der Waals surface area (Å²) in [5, 5.41) is 0.690. The molecule has 0 aliphatic heterocycles. The Labute approximate surface area is 159 Å². The van der Waals surface area contributed by atoms with Crippen molar-refractivity contribution in [2.75, 3.05) is 0 Å². The Morgan fingerprint density at radius 2 is 1.85 bits per heavy atom. The van der Waals surface area contributed by atoms with Gasteiger partial charge in [0.1, 0.15) is 16.9 Å². The number of carbonyl (C=O) groups is 1. The van der Waals surface area contributed by atoms with Crippen LogP contribution in [-0.4, -0.2) is 22.5 Å². The van der Waals surface area contributed by atoms with E-state index in [1.807, 2.05) is 57.2 Å². The molecule has 3 aromatic rings. The molecule has 0 bridgehead atoms. The number of hydrogen-bond donors (Lipinski definition) is 0. The number of fused-ring (bicyclic) bond motifs is 1. The number of benzene rings is 2. The van der Waals surface area contributed by atoms with Gasteiger partial charge in [0.25, 0.3) is 0 Å². The molecular formula is C23H24FNO2. The zero-order chi connectivity index (χ0) is 19.4. The Hall–Kier alpha value is -2.59. The zero-order valence-corrected chi connectivity index (χ0v) is 15.9. The van der Waals surface area contributed by atoms with Crippen LogP contribution in [0.5, 0.6) is 0 Å². The van der Waals surface area contributed by atoms with E-state index in [4.69, 9.17) is 4.74 Å². The molecule has 0 N–H and O–H groups in total. The average Bonchev–Trinajstić information content (AvgIpc) is 2.62. The fourth-order valence-corrected chi connectivity index (χ4v) is 3.35. The Bertz CT molecular complexity index is 940. The SMILES string of the molecule is CC(C)OC(C)(Cc1ccccc1)C(=O)Cc1cnc2c(F)cccc2c1. The molecule has 0 aliphatic rings. The maximum atomic E-state index is 13.8. The van der Waals surface area contributed by atoms with Crippen LogP contribution in [-0.2, 0) is 22.4 Å². The van der Waals surface area contributed by atoms with Gasteiger partial charge >= 0.3 is 0 Å². The van der Waals surface area contributed by atoms with Gasteiger partial charge in [-0.2, -0.15) is 0 Å². The smallest absolute Gasteiger partial charge is 0.169 e. The Morgan fingerprint density at radius 3 is 2.56 bits per heavy atom. The quantitative estimate of drug-likeness (QED) is 0.597. The van der Waals surface area contributed by atoms with E-state index in [0.717, 1.165) is 11.1 Å². The summed E-state index contributed by atoms with van der Waals surface area (Å²) in [5.41, 5.74) is 1.18. The number of halogens is 1. The predicted octanol–water partition coefficient (Wildman–Crippen LogP) is 4.91. The van der Waals surface area contributed by atoms with Crippen LogP contribution >= 0.6 is 0 Å². The Kier molecular flexibility index (Phi) is 5.66. The zero-order valence-electron chi connectivity index (χ0n) is 15.9. The summed E-state index contributed by atoms with van der Waals surface area (Å²) >= 11 is 0. The highest BCUT2D eigenvalue weighted by Gasteiger charge is 2.35. The lowest BCUT2D eigenvalue weighted by molar-refractivity contribution is -0.147. The second-order valence-electron chi connectivity index (χ2n) is 7.31. The van der Waals surface area contributed by atoms with Gasteiger partial charge < -0.3 is 4.74 Å². The maximum Gasteiger partial charge on any atom is 0.169 e. The minimum Gasteiger partial charge on any atom is -0.364 e. The van der Waals surface area contributed by atoms with E-state index in [1.165, 1.54) is 6.07 Å². The highest BCUT2D eigenvalue weighted by atomic mass is 19.1. The molecule has 0 radical (unpaired) electrons. The van der Waals surface area contributed by atoms with Crippen LogP contribution in [0.25, 0.3) is 10.9 Å². The van der Waals surface area contributed by atoms with Gasteiger partial charge in [-0.15, -0.1) is 0 Å². The molecule has 3 nitrogen and oxygen atoms in total. The van der Waals surface area contributed by atoms with Crippen molar-refractivity contribution in [3.63, 3.8) is 0 Å². The van der Waals surface area contributed by atoms with Crippen molar-refractivity contribution < 1.29 is 13.9 Å². The number of carbonyl (C=O) groups excluding carboxylic acids is 1. The second-order valence-corrected chi connectivity index (χ2v) is 7.31. The molecule has 27 heavy (non-hydrogen) atoms. The standard InChI is InChI=1S/C23H24FNO2/c1-16(2)27-23(3,14-17-8-5-4-6-9-17)21(26)13-18-12-19-10-7-11-20(24)22(19)25-15-18/h4-12,15-16H,13-14H2,1-3H3. The molecule has 2 aromatic carbocycles. The molecule has 0 saturated carbocycles. The molecule has 1 atom stereocenters. The second kappa shape index (κ2) is 7.97. The molecule has 1 heterocycles. The average molecular weight is 365 g/mol. The van der Waals surface area contributed by atoms with Gasteiger partial charge in [0.15, 0.2) is 5.78 Å². The van der Waals surface area contributed by atoms with Crippen LogP contribution in [0.2, 0.25) is 0 Å². The number of Topliss-reactive ketones (excluding diaryl/α,β-unsaturated/α-hetero) is 1. The highest BCUT2D eigenvalue weighted by molar-refractivity contribution is 5.90. The third-order valence-corrected chi connectivity index (χ3v) is 4.55. The van der Waals surface area contributed by atoms with Gasteiger partial charge in [0.2, 0.25) is 0 Å². The summed E-state index contributed by atoms with van der Waals surface area (Å²) in [7, 11) is 0. The van der Waals surface area contributed by atoms with E-state index < -0.39 is 5.60 Å². The van der Waals surface area contributed by atoms with Crippen LogP contribution in [0.4, 0.5) is 4.39 Å². The summed E-state index contributed by atoms with van der Waals surface area (Å²) in [6.45, 7) is 5.70. The van der Waals surface area contributed by atoms with E-state index >= 15 is 0 Å². The Balaban J connectivity index is 1.85. The van der Waals surface area contributed by atoms with E-state index in [0.29, 0.717) is 17.3 Å². The molecule has 4 heteroatoms. The number of rotatable bonds is 7. The van der Waals surface area contributed by atoms with Crippen molar-refractivity contribution in [1.29, 1.82) is 0 Å². The lowest BCUT2D eigenvalue weighted by Crippen LogP contribution is -2.43. The van der Waals surface area contributed by atoms with E-state index in [9.17, 15) is 9.18 Å². The summed E-state index contributed by atoms with van der Waals surface area (Å²) in [6, 6.07) is 16.5. The van der Waals surface area contributed by atoms with E-state index in [-0.39, 0.29) is 24.1 Å². The van der Waals surface area contributed by atoms with Gasteiger partial charge in [0, 0.05) is 24.4 Å². The van der Waals surface area contributed by atoms with Gasteiger partial charge in [-0.25, -0.2) is 4.39 Å². The number of pyridine rings is 1. The van der Waals surface area contributed by atoms with E-state index in [1.54, 1.807) is 18.3 Å². The van der Waals surface area contributed by atoms with Crippen LogP contribution in [0.3, 0.4) is 0 Å². The monoisotopic (exact) mass is 365 g/mol. The normalized spacial score (nSPS) is 13.7. The number of ketones is 1. The summed E-state index contributed by atoms with van der Waals surface area (Å²) in [6.07, 6.45) is 2.18. The largest absolute Gasteiger partial charge is 0.364 e. The lowest BCUT2D eigenvalue weighted by atomic mass is 9.88. The first-order valence-electron chi connectivity index (χ1n) is 9.15. The molecule has 0 amide bonds. The van der Waals surface area contributed by atoms with Crippen molar-refractivity contribution >= 4 is 16.7 Å². The molecular weight excluding hydrogens is 341 g/mol. The van der Waals surface area contributed by atoms with Gasteiger partial charge in [-0.05, 0) is 44.0 Å². The first-order valence-corrected chi connectivity index (χ1v) is 9.15. The summed E-state index contributed by atoms with van der Waals surface area (Å²) in [5.74, 6) is -0.375. The molecule has 0 aliphatic carbocycles. The van der Waals surface area contributed by atoms with E-state index in [2.05, 4.69) is 4.98 Å². The number of ether oxygens (including phenoxy) is 1. The van der Waals surface area contributed by atoms with Crippen LogP contribution in [0.1, 0.15) is 31.9 Å². The van der Waals surface area contributed by atoms with Crippen molar-refractivity contribution in [3.05, 3.63) is 77.7 Å². The van der Waals surface area contributed by atoms with Crippen LogP contribution in [0.15, 0.2) is 60.8 Å². The minimum atomic E-state index is -0.938. The number of para-hydroxylation sites is 1. The molecule has 3 rings (SSSR count). The first kappa shape index (κ1) is 19.2. The summed E-state index contributed by atoms with van der Waals surface area (Å²) in [4.78, 5) is 17.3. The molecule has 0 spiro atoms. The molecule has 0 saturated heterocycles. The topological polar surface area (TPSA) is 39.2 Å². The van der Waals surface area contributed by atoms with Crippen molar-refractivity contribution in [2.45, 2.75) is 45.3 Å². The lowest BCUT2D eigenvalue weighted by Gasteiger charge is -2.31. The third kappa shape index (κ3) is 4.58. The molecule has 0 fully saturated rings. The molecule has 140 valence electrons. The number of hydrogen-bond acceptors (Lipinski definition) is 3. The van der Waals surface area contributed by atoms with Crippen LogP contribution < -0.4 is 0 Å². The number of aromatic nitrogens is 1. The predicted molar refractivity (Wildman–Crippen MR) is 105 cm³/mol. The summed E-state index contributed by atoms with van der Waals surface area (Å²) < 4.78 is 19.9. The fraction of sp³-hybridized carbons (Fsp3) is 0.304. The minimum absolute atomic E-state index is 0.0161. The first-order chi connectivity index (χ1) is 12.9. The third-order valence-electron chi connectivity index (χ3n) is 4.55. The van der Waals surface area contributed by atoms with Crippen molar-refractivity contribution in [3.8, 4) is 0 Å². The number of nitrogens with zero attached hydrogens (tertiary/aromatic N) is 1. The van der Waals surface area contributed by atoms with Crippen molar-refractivity contribution in [2.24, 2.45) is 0 Å². The Morgan fingerprint density at radius 1 is 1.11 bits per heavy atom. The molecule has 1 unspecified atom stereocenters.